The molecule has 192 valence electrons. The molecule has 2 heterocycles. The molecule has 2 nitrogen and oxygen atoms in total. The van der Waals surface area contributed by atoms with E-state index in [1.165, 1.54) is 47.4 Å². The summed E-state index contributed by atoms with van der Waals surface area (Å²) in [4.78, 5) is 2.40. The molecule has 0 unspecified atom stereocenters. The van der Waals surface area contributed by atoms with E-state index in [9.17, 15) is 0 Å². The van der Waals surface area contributed by atoms with E-state index in [4.69, 9.17) is 4.42 Å². The minimum atomic E-state index is 0.925. The SMILES string of the molecule is c1ccc(N(c2ccc3ccc4cc5oc6ccccc6c5cc4c3c2)c2cccc3c2sc2ccccc23)cc1. The lowest BCUT2D eigenvalue weighted by Crippen LogP contribution is -2.09. The molecule has 0 aliphatic rings. The molecule has 0 spiro atoms. The number of rotatable bonds is 3. The lowest BCUT2D eigenvalue weighted by molar-refractivity contribution is 0.669. The zero-order valence-corrected chi connectivity index (χ0v) is 22.9. The molecular weight excluding hydrogens is 518 g/mol. The van der Waals surface area contributed by atoms with Crippen LogP contribution >= 0.6 is 11.3 Å². The van der Waals surface area contributed by atoms with Crippen LogP contribution in [0.25, 0.3) is 63.7 Å². The van der Waals surface area contributed by atoms with Gasteiger partial charge in [-0.25, -0.2) is 0 Å². The van der Waals surface area contributed by atoms with Gasteiger partial charge < -0.3 is 9.32 Å². The van der Waals surface area contributed by atoms with Crippen molar-refractivity contribution in [1.29, 1.82) is 0 Å². The van der Waals surface area contributed by atoms with Crippen molar-refractivity contribution in [3.8, 4) is 0 Å². The van der Waals surface area contributed by atoms with Gasteiger partial charge in [0.05, 0.1) is 10.4 Å². The van der Waals surface area contributed by atoms with Gasteiger partial charge in [-0.05, 0) is 76.1 Å². The molecule has 0 amide bonds. The molecule has 0 bridgehead atoms. The predicted octanol–water partition coefficient (Wildman–Crippen LogP) is 11.7. The quantitative estimate of drug-likeness (QED) is 0.207. The molecule has 0 saturated heterocycles. The number of nitrogens with zero attached hydrogens (tertiary/aromatic N) is 1. The Morgan fingerprint density at radius 3 is 2.10 bits per heavy atom. The fraction of sp³-hybridized carbons (Fsp3) is 0. The van der Waals surface area contributed by atoms with E-state index in [-0.39, 0.29) is 0 Å². The third-order valence-corrected chi connectivity index (χ3v) is 9.42. The first kappa shape index (κ1) is 22.7. The Labute approximate surface area is 240 Å². The number of anilines is 3. The summed E-state index contributed by atoms with van der Waals surface area (Å²) in [5, 5.41) is 9.78. The van der Waals surface area contributed by atoms with E-state index in [0.717, 1.165) is 33.3 Å². The van der Waals surface area contributed by atoms with E-state index in [1.807, 2.05) is 23.5 Å². The molecule has 0 radical (unpaired) electrons. The lowest BCUT2D eigenvalue weighted by atomic mass is 9.99. The van der Waals surface area contributed by atoms with Crippen LogP contribution < -0.4 is 4.90 Å². The summed E-state index contributed by atoms with van der Waals surface area (Å²) in [7, 11) is 0. The number of thiophene rings is 1. The zero-order valence-electron chi connectivity index (χ0n) is 22.0. The van der Waals surface area contributed by atoms with Crippen LogP contribution in [0.5, 0.6) is 0 Å². The molecule has 0 aliphatic carbocycles. The van der Waals surface area contributed by atoms with Crippen molar-refractivity contribution in [2.45, 2.75) is 0 Å². The van der Waals surface area contributed by atoms with Crippen LogP contribution in [-0.2, 0) is 0 Å². The largest absolute Gasteiger partial charge is 0.456 e. The third-order valence-electron chi connectivity index (χ3n) is 8.22. The molecule has 2 aromatic heterocycles. The first-order valence-corrected chi connectivity index (χ1v) is 14.7. The Hall–Kier alpha value is -5.12. The van der Waals surface area contributed by atoms with Crippen molar-refractivity contribution in [1.82, 2.24) is 0 Å². The van der Waals surface area contributed by atoms with Crippen LogP contribution in [0.15, 0.2) is 144 Å². The maximum Gasteiger partial charge on any atom is 0.136 e. The zero-order chi connectivity index (χ0) is 26.9. The number of para-hydroxylation sites is 2. The van der Waals surface area contributed by atoms with Gasteiger partial charge in [-0.3, -0.25) is 0 Å². The van der Waals surface area contributed by atoms with Crippen LogP contribution in [0.4, 0.5) is 17.1 Å². The summed E-state index contributed by atoms with van der Waals surface area (Å²) >= 11 is 1.86. The summed E-state index contributed by atoms with van der Waals surface area (Å²) in [6, 6.07) is 50.2. The van der Waals surface area contributed by atoms with E-state index < -0.39 is 0 Å². The minimum absolute atomic E-state index is 0.925. The van der Waals surface area contributed by atoms with Crippen LogP contribution in [0.3, 0.4) is 0 Å². The first-order chi connectivity index (χ1) is 20.3. The second kappa shape index (κ2) is 8.69. The molecule has 0 atom stereocenters. The number of fused-ring (bicyclic) bond motifs is 9. The Bertz CT molecular complexity index is 2430. The summed E-state index contributed by atoms with van der Waals surface area (Å²) in [6.45, 7) is 0. The Morgan fingerprint density at radius 1 is 0.439 bits per heavy atom. The van der Waals surface area contributed by atoms with E-state index in [1.54, 1.807) is 0 Å². The predicted molar refractivity (Wildman–Crippen MR) is 176 cm³/mol. The molecule has 0 fully saturated rings. The highest BCUT2D eigenvalue weighted by Gasteiger charge is 2.19. The molecule has 9 aromatic rings. The second-order valence-corrected chi connectivity index (χ2v) is 11.6. The maximum absolute atomic E-state index is 6.21. The average Bonchev–Trinajstić information content (AvgIpc) is 3.59. The second-order valence-electron chi connectivity index (χ2n) is 10.6. The maximum atomic E-state index is 6.21. The molecule has 41 heavy (non-hydrogen) atoms. The fourth-order valence-electron chi connectivity index (χ4n) is 6.31. The highest BCUT2D eigenvalue weighted by molar-refractivity contribution is 7.26. The van der Waals surface area contributed by atoms with E-state index in [0.29, 0.717) is 0 Å². The summed E-state index contributed by atoms with van der Waals surface area (Å²) in [6.07, 6.45) is 0. The smallest absolute Gasteiger partial charge is 0.136 e. The van der Waals surface area contributed by atoms with Gasteiger partial charge in [0.2, 0.25) is 0 Å². The van der Waals surface area contributed by atoms with Crippen LogP contribution in [0, 0.1) is 0 Å². The van der Waals surface area contributed by atoms with Gasteiger partial charge in [0.25, 0.3) is 0 Å². The minimum Gasteiger partial charge on any atom is -0.456 e. The monoisotopic (exact) mass is 541 g/mol. The average molecular weight is 542 g/mol. The molecular formula is C38H23NOS. The van der Waals surface area contributed by atoms with Crippen LogP contribution in [0.2, 0.25) is 0 Å². The van der Waals surface area contributed by atoms with E-state index >= 15 is 0 Å². The highest BCUT2D eigenvalue weighted by Crippen LogP contribution is 2.45. The van der Waals surface area contributed by atoms with E-state index in [2.05, 4.69) is 132 Å². The molecule has 7 aromatic carbocycles. The molecule has 0 N–H and O–H groups in total. The molecule has 9 rings (SSSR count). The van der Waals surface area contributed by atoms with Gasteiger partial charge in [0, 0.05) is 37.6 Å². The number of hydrogen-bond donors (Lipinski definition) is 0. The van der Waals surface area contributed by atoms with Crippen molar-refractivity contribution in [3.05, 3.63) is 140 Å². The van der Waals surface area contributed by atoms with Gasteiger partial charge in [-0.1, -0.05) is 84.9 Å². The molecule has 0 saturated carbocycles. The standard InChI is InChI=1S/C38H23NOS/c1-2-9-26(10-3-1)39(34-14-8-13-30-29-12-5-7-16-37(29)41-38(30)34)27-20-19-24-17-18-25-21-36-33(23-32(25)31(24)22-27)28-11-4-6-15-35(28)40-36/h1-23H. The Balaban J connectivity index is 1.33. The van der Waals surface area contributed by atoms with Crippen molar-refractivity contribution in [2.75, 3.05) is 4.90 Å². The summed E-state index contributed by atoms with van der Waals surface area (Å²) < 4.78 is 8.81. The molecule has 0 aliphatic heterocycles. The van der Waals surface area contributed by atoms with Crippen molar-refractivity contribution in [3.63, 3.8) is 0 Å². The normalized spacial score (nSPS) is 11.9. The lowest BCUT2D eigenvalue weighted by Gasteiger charge is -2.26. The fourth-order valence-corrected chi connectivity index (χ4v) is 7.52. The van der Waals surface area contributed by atoms with Gasteiger partial charge in [-0.15, -0.1) is 11.3 Å². The van der Waals surface area contributed by atoms with Crippen LogP contribution in [-0.4, -0.2) is 0 Å². The summed E-state index contributed by atoms with van der Waals surface area (Å²) in [5.41, 5.74) is 5.32. The third kappa shape index (κ3) is 3.43. The van der Waals surface area contributed by atoms with Gasteiger partial charge in [0.15, 0.2) is 0 Å². The number of furan rings is 1. The van der Waals surface area contributed by atoms with Gasteiger partial charge in [-0.2, -0.15) is 0 Å². The Kier molecular flexibility index (Phi) is 4.80. The van der Waals surface area contributed by atoms with Gasteiger partial charge >= 0.3 is 0 Å². The van der Waals surface area contributed by atoms with Crippen molar-refractivity contribution < 1.29 is 4.42 Å². The van der Waals surface area contributed by atoms with Crippen LogP contribution in [0.1, 0.15) is 0 Å². The first-order valence-electron chi connectivity index (χ1n) is 13.9. The van der Waals surface area contributed by atoms with Crippen molar-refractivity contribution >= 4 is 92.1 Å². The highest BCUT2D eigenvalue weighted by atomic mass is 32.1. The molecule has 3 heteroatoms. The summed E-state index contributed by atoms with van der Waals surface area (Å²) in [5.74, 6) is 0. The number of benzene rings is 7. The van der Waals surface area contributed by atoms with Gasteiger partial charge in [0.1, 0.15) is 11.2 Å². The Morgan fingerprint density at radius 2 is 1.17 bits per heavy atom. The topological polar surface area (TPSA) is 16.4 Å². The number of hydrogen-bond acceptors (Lipinski definition) is 3. The van der Waals surface area contributed by atoms with Crippen molar-refractivity contribution in [2.24, 2.45) is 0 Å².